The Morgan fingerprint density at radius 3 is 1.19 bits per heavy atom. The lowest BCUT2D eigenvalue weighted by molar-refractivity contribution is -0.375. The number of aliphatic hydroxyl groups excluding tert-OH is 14. The molecule has 0 aliphatic carbocycles. The summed E-state index contributed by atoms with van der Waals surface area (Å²) in [5.41, 5.74) is -0.944. The van der Waals surface area contributed by atoms with Crippen LogP contribution in [0.15, 0.2) is 12.4 Å². The molecule has 14 N–H and O–H groups in total. The third-order valence-electron chi connectivity index (χ3n) is 11.5. The maximum atomic E-state index is 10.8. The van der Waals surface area contributed by atoms with E-state index in [4.69, 9.17) is 42.6 Å². The number of hydrogen-bond acceptors (Lipinski definition) is 29. The molecule has 6 heterocycles. The lowest BCUT2D eigenvalue weighted by Crippen LogP contribution is -2.63. The zero-order valence-corrected chi connectivity index (χ0v) is 38.7. The molecule has 0 unspecified atom stereocenters. The molecule has 396 valence electrons. The fraction of sp³-hybridized carbons (Fsp3) is 0.895. The van der Waals surface area contributed by atoms with E-state index in [-0.39, 0.29) is 65.9 Å². The van der Waals surface area contributed by atoms with Gasteiger partial charge in [0.1, 0.15) is 120 Å². The van der Waals surface area contributed by atoms with Crippen LogP contribution in [0.1, 0.15) is 11.4 Å². The molecule has 4 aliphatic rings. The Bertz CT molecular complexity index is 1660. The Morgan fingerprint density at radius 2 is 0.797 bits per heavy atom. The molecule has 4 saturated heterocycles. The molecule has 0 aromatic carbocycles. The van der Waals surface area contributed by atoms with Crippen LogP contribution < -0.4 is 0 Å². The van der Waals surface area contributed by atoms with E-state index in [1.54, 1.807) is 0 Å². The predicted molar refractivity (Wildman–Crippen MR) is 228 cm³/mol. The van der Waals surface area contributed by atoms with Gasteiger partial charge in [0.25, 0.3) is 0 Å². The van der Waals surface area contributed by atoms with E-state index < -0.39 is 134 Å². The van der Waals surface area contributed by atoms with Crippen LogP contribution in [-0.4, -0.2) is 287 Å². The van der Waals surface area contributed by atoms with Crippen molar-refractivity contribution >= 4 is 23.5 Å². The van der Waals surface area contributed by atoms with Crippen LogP contribution in [0.2, 0.25) is 0 Å². The second-order valence-electron chi connectivity index (χ2n) is 16.5. The smallest absolute Gasteiger partial charge is 0.189 e. The largest absolute Gasteiger partial charge is 0.394 e. The van der Waals surface area contributed by atoms with Crippen LogP contribution in [0.25, 0.3) is 0 Å². The van der Waals surface area contributed by atoms with Crippen molar-refractivity contribution in [2.45, 2.75) is 147 Å². The van der Waals surface area contributed by atoms with E-state index in [0.717, 1.165) is 23.5 Å². The number of ether oxygens (including phenoxy) is 9. The molecule has 2 aromatic heterocycles. The zero-order chi connectivity index (χ0) is 49.8. The normalized spacial score (nSPS) is 38.7. The molecule has 0 amide bonds. The fourth-order valence-corrected chi connectivity index (χ4v) is 9.55. The summed E-state index contributed by atoms with van der Waals surface area (Å²) in [6.45, 7) is -0.136. The van der Waals surface area contributed by atoms with Crippen molar-refractivity contribution in [1.82, 2.24) is 30.0 Å². The summed E-state index contributed by atoms with van der Waals surface area (Å²) in [7, 11) is 0. The van der Waals surface area contributed by atoms with Crippen molar-refractivity contribution in [3.63, 3.8) is 0 Å². The SMILES string of the molecule is OC[C@H]1O[C@@H](SCCOCCOCc2cn(C[C@H]3O[C@H](O[C@H]4O[C@H](Cn5cc(COCCOCCS[C@@H]6O[C@H](CO)[C@H](O)[C@H](O)[C@H]6O)nn5)[C@@H](O)[C@H](O)[C@H]4O)[C@H](O)[C@@H](O)[C@@H]3O)nn2)[C@H](O)[C@@H](O)[C@H]1O. The first-order valence-corrected chi connectivity index (χ1v) is 24.2. The molecule has 0 radical (unpaired) electrons. The lowest BCUT2D eigenvalue weighted by atomic mass is 9.97. The Kier molecular flexibility index (Phi) is 22.4. The van der Waals surface area contributed by atoms with Gasteiger partial charge >= 0.3 is 0 Å². The number of rotatable bonds is 26. The number of hydrogen-bond donors (Lipinski definition) is 14. The maximum Gasteiger partial charge on any atom is 0.189 e. The van der Waals surface area contributed by atoms with Gasteiger partial charge < -0.3 is 114 Å². The molecule has 6 rings (SSSR count). The van der Waals surface area contributed by atoms with Gasteiger partial charge in [0.05, 0.1) is 91.6 Å². The minimum absolute atomic E-state index is 0.0261. The van der Waals surface area contributed by atoms with Crippen LogP contribution >= 0.6 is 23.5 Å². The van der Waals surface area contributed by atoms with Crippen molar-refractivity contribution in [2.24, 2.45) is 0 Å². The summed E-state index contributed by atoms with van der Waals surface area (Å²) in [4.78, 5) is 0. The number of nitrogens with zero attached hydrogens (tertiary/aromatic N) is 6. The van der Waals surface area contributed by atoms with Crippen LogP contribution in [0, 0.1) is 0 Å². The summed E-state index contributed by atoms with van der Waals surface area (Å²) in [5.74, 6) is 0.748. The van der Waals surface area contributed by atoms with Gasteiger partial charge in [0.15, 0.2) is 12.6 Å². The molecule has 4 fully saturated rings. The first kappa shape index (κ1) is 56.4. The van der Waals surface area contributed by atoms with Crippen molar-refractivity contribution < 1.29 is 114 Å². The van der Waals surface area contributed by atoms with Crippen molar-refractivity contribution in [3.8, 4) is 0 Å². The van der Waals surface area contributed by atoms with Gasteiger partial charge in [-0.15, -0.1) is 33.7 Å². The summed E-state index contributed by atoms with van der Waals surface area (Å²) >= 11 is 2.31. The molecule has 69 heavy (non-hydrogen) atoms. The average Bonchev–Trinajstić information content (AvgIpc) is 4.00. The average molecular weight is 1040 g/mol. The highest BCUT2D eigenvalue weighted by atomic mass is 32.2. The second kappa shape index (κ2) is 27.4. The quantitative estimate of drug-likeness (QED) is 0.0389. The van der Waals surface area contributed by atoms with Gasteiger partial charge in [0.2, 0.25) is 0 Å². The zero-order valence-electron chi connectivity index (χ0n) is 37.0. The lowest BCUT2D eigenvalue weighted by Gasteiger charge is -2.45. The fourth-order valence-electron chi connectivity index (χ4n) is 7.50. The van der Waals surface area contributed by atoms with Gasteiger partial charge in [-0.25, -0.2) is 9.36 Å². The standard InChI is InChI=1S/C38H64N6O23S2/c45-13-21-25(49)29(53)33(57)37(65-21)68-7-5-59-1-3-61-15-17-9-43(41-39-17)11-19-23(47)27(51)31(55)35(63-19)67-36-32(56)28(52)24(48)20(64-36)12-44-10-18(40-42-44)16-62-4-2-60-6-8-69-38-34(58)30(54)26(50)22(14-46)66-38/h9-10,19-38,45-58H,1-8,11-16H2/t19-,20-,21-,22-,23-,24-,25+,26+,27+,28+,29+,30+,31-,32-,33-,34-,35-,36-,37+,38+/m1/s1. The first-order valence-electron chi connectivity index (χ1n) is 22.1. The molecular formula is C38H64N6O23S2. The number of aromatic nitrogens is 6. The van der Waals surface area contributed by atoms with E-state index in [9.17, 15) is 71.5 Å². The summed E-state index contributed by atoms with van der Waals surface area (Å²) in [6.07, 6.45) is -23.9. The van der Waals surface area contributed by atoms with E-state index in [1.165, 1.54) is 21.8 Å². The molecule has 4 aliphatic heterocycles. The van der Waals surface area contributed by atoms with Crippen LogP contribution in [0.5, 0.6) is 0 Å². The minimum atomic E-state index is -1.85. The van der Waals surface area contributed by atoms with E-state index in [2.05, 4.69) is 20.6 Å². The monoisotopic (exact) mass is 1040 g/mol. The third-order valence-corrected chi connectivity index (χ3v) is 13.7. The molecular weight excluding hydrogens is 973 g/mol. The summed E-state index contributed by atoms with van der Waals surface area (Å²) in [5, 5.41) is 159. The van der Waals surface area contributed by atoms with Crippen molar-refractivity contribution in [2.75, 3.05) is 64.4 Å². The van der Waals surface area contributed by atoms with Crippen molar-refractivity contribution in [1.29, 1.82) is 0 Å². The van der Waals surface area contributed by atoms with Gasteiger partial charge in [-0.05, 0) is 0 Å². The Labute approximate surface area is 402 Å². The topological polar surface area (TPSA) is 428 Å². The summed E-state index contributed by atoms with van der Waals surface area (Å²) in [6, 6.07) is 0. The molecule has 0 spiro atoms. The van der Waals surface area contributed by atoms with E-state index in [0.29, 0.717) is 22.9 Å². The third kappa shape index (κ3) is 15.1. The highest BCUT2D eigenvalue weighted by Gasteiger charge is 2.50. The first-order chi connectivity index (χ1) is 33.1. The Morgan fingerprint density at radius 1 is 0.435 bits per heavy atom. The van der Waals surface area contributed by atoms with E-state index in [1.807, 2.05) is 0 Å². The molecule has 31 heteroatoms. The van der Waals surface area contributed by atoms with Crippen LogP contribution in [0.3, 0.4) is 0 Å². The highest BCUT2D eigenvalue weighted by Crippen LogP contribution is 2.31. The molecule has 2 aromatic rings. The number of thioether (sulfide) groups is 2. The maximum absolute atomic E-state index is 10.8. The van der Waals surface area contributed by atoms with Crippen LogP contribution in [-0.2, 0) is 68.9 Å². The van der Waals surface area contributed by atoms with E-state index >= 15 is 0 Å². The molecule has 29 nitrogen and oxygen atoms in total. The number of aliphatic hydroxyl groups is 14. The van der Waals surface area contributed by atoms with Gasteiger partial charge in [-0.2, -0.15) is 0 Å². The predicted octanol–water partition coefficient (Wildman–Crippen LogP) is -8.67. The highest BCUT2D eigenvalue weighted by molar-refractivity contribution is 8.00. The van der Waals surface area contributed by atoms with Crippen molar-refractivity contribution in [3.05, 3.63) is 23.8 Å². The molecule has 20 atom stereocenters. The van der Waals surface area contributed by atoms with Gasteiger partial charge in [0, 0.05) is 11.5 Å². The summed E-state index contributed by atoms with van der Waals surface area (Å²) < 4.78 is 53.0. The van der Waals surface area contributed by atoms with Gasteiger partial charge in [-0.1, -0.05) is 10.4 Å². The molecule has 0 bridgehead atoms. The second-order valence-corrected chi connectivity index (χ2v) is 18.9. The Balaban J connectivity index is 0.877. The molecule has 0 saturated carbocycles. The van der Waals surface area contributed by atoms with Gasteiger partial charge in [-0.3, -0.25) is 0 Å². The Hall–Kier alpha value is -1.94. The minimum Gasteiger partial charge on any atom is -0.394 e. The van der Waals surface area contributed by atoms with Crippen LogP contribution in [0.4, 0.5) is 0 Å².